The molecule has 2 aromatic heterocycles. The Labute approximate surface area is 187 Å². The molecule has 1 aromatic carbocycles. The third-order valence-corrected chi connectivity index (χ3v) is 6.22. The van der Waals surface area contributed by atoms with E-state index in [-0.39, 0.29) is 11.9 Å². The zero-order valence-corrected chi connectivity index (χ0v) is 18.7. The molecule has 8 heteroatoms. The molecule has 31 heavy (non-hydrogen) atoms. The normalized spacial score (nSPS) is 15.2. The Balaban J connectivity index is 1.35. The number of hydrogen-bond acceptors (Lipinski definition) is 5. The predicted molar refractivity (Wildman–Crippen MR) is 121 cm³/mol. The minimum atomic E-state index is -0.0855. The van der Waals surface area contributed by atoms with Gasteiger partial charge in [-0.25, -0.2) is 4.68 Å². The van der Waals surface area contributed by atoms with Crippen molar-refractivity contribution in [3.63, 3.8) is 0 Å². The predicted octanol–water partition coefficient (Wildman–Crippen LogP) is 3.40. The van der Waals surface area contributed by atoms with Crippen LogP contribution in [0.25, 0.3) is 5.69 Å². The lowest BCUT2D eigenvalue weighted by atomic mass is 10.0. The van der Waals surface area contributed by atoms with Crippen molar-refractivity contribution in [3.05, 3.63) is 70.8 Å². The number of carbonyl (C=O) groups is 1. The van der Waals surface area contributed by atoms with Gasteiger partial charge in [-0.3, -0.25) is 9.78 Å². The van der Waals surface area contributed by atoms with Crippen LogP contribution in [0.1, 0.15) is 34.7 Å². The Bertz CT molecular complexity index is 1030. The fourth-order valence-corrected chi connectivity index (χ4v) is 4.25. The molecule has 1 saturated heterocycles. The van der Waals surface area contributed by atoms with Crippen LogP contribution in [0, 0.1) is 6.92 Å². The molecular formula is C23H27ClN6O. The van der Waals surface area contributed by atoms with Gasteiger partial charge in [0.25, 0.3) is 5.91 Å². The van der Waals surface area contributed by atoms with Gasteiger partial charge in [-0.05, 0) is 50.1 Å². The lowest BCUT2D eigenvalue weighted by Gasteiger charge is -2.36. The number of carbonyl (C=O) groups excluding carboxylic acids is 1. The summed E-state index contributed by atoms with van der Waals surface area (Å²) in [6, 6.07) is 13.6. The number of nitrogens with zero attached hydrogens (tertiary/aromatic N) is 6. The first kappa shape index (κ1) is 21.5. The first-order chi connectivity index (χ1) is 15.0. The first-order valence-electron chi connectivity index (χ1n) is 10.6. The zero-order chi connectivity index (χ0) is 21.8. The molecular weight excluding hydrogens is 412 g/mol. The number of rotatable bonds is 6. The van der Waals surface area contributed by atoms with Crippen LogP contribution < -0.4 is 0 Å². The van der Waals surface area contributed by atoms with Crippen molar-refractivity contribution in [1.82, 2.24) is 29.8 Å². The van der Waals surface area contributed by atoms with Crippen LogP contribution in [-0.4, -0.2) is 68.4 Å². The first-order valence-corrected chi connectivity index (χ1v) is 11.0. The summed E-state index contributed by atoms with van der Waals surface area (Å²) in [5.41, 5.74) is 3.02. The summed E-state index contributed by atoms with van der Waals surface area (Å²) < 4.78 is 1.66. The molecule has 0 N–H and O–H groups in total. The quantitative estimate of drug-likeness (QED) is 0.590. The smallest absolute Gasteiger partial charge is 0.276 e. The number of pyridine rings is 1. The highest BCUT2D eigenvalue weighted by molar-refractivity contribution is 6.30. The van der Waals surface area contributed by atoms with E-state index in [4.69, 9.17) is 11.6 Å². The van der Waals surface area contributed by atoms with E-state index in [0.717, 1.165) is 50.3 Å². The van der Waals surface area contributed by atoms with Crippen molar-refractivity contribution < 1.29 is 4.79 Å². The Morgan fingerprint density at radius 3 is 2.71 bits per heavy atom. The monoisotopic (exact) mass is 438 g/mol. The van der Waals surface area contributed by atoms with E-state index in [1.165, 1.54) is 0 Å². The van der Waals surface area contributed by atoms with Crippen LogP contribution in [-0.2, 0) is 6.42 Å². The molecule has 0 atom stereocenters. The van der Waals surface area contributed by atoms with Gasteiger partial charge in [0.15, 0.2) is 5.69 Å². The molecule has 0 unspecified atom stereocenters. The maximum absolute atomic E-state index is 13.1. The van der Waals surface area contributed by atoms with E-state index in [1.807, 2.05) is 55.4 Å². The van der Waals surface area contributed by atoms with Crippen molar-refractivity contribution in [3.8, 4) is 5.69 Å². The highest BCUT2D eigenvalue weighted by Crippen LogP contribution is 2.21. The van der Waals surface area contributed by atoms with Gasteiger partial charge in [0.1, 0.15) is 0 Å². The maximum atomic E-state index is 13.1. The highest BCUT2D eigenvalue weighted by Gasteiger charge is 2.28. The van der Waals surface area contributed by atoms with Gasteiger partial charge in [-0.2, -0.15) is 0 Å². The third-order valence-electron chi connectivity index (χ3n) is 5.99. The summed E-state index contributed by atoms with van der Waals surface area (Å²) in [6.45, 7) is 4.81. The molecule has 162 valence electrons. The highest BCUT2D eigenvalue weighted by atomic mass is 35.5. The Hall–Kier alpha value is -2.77. The molecule has 0 aliphatic carbocycles. The molecule has 7 nitrogen and oxygen atoms in total. The Kier molecular flexibility index (Phi) is 6.63. The second kappa shape index (κ2) is 9.58. The standard InChI is InChI=1S/C23H27ClN6O/c1-17-22(26-27-30(17)21-8-5-6-18(24)16-21)23(31)28(2)20-10-14-29(15-11-20)13-9-19-7-3-4-12-25-19/h3-8,12,16,20H,9-11,13-15H2,1-2H3. The van der Waals surface area contributed by atoms with Crippen LogP contribution in [0.5, 0.6) is 0 Å². The van der Waals surface area contributed by atoms with Gasteiger partial charge < -0.3 is 9.80 Å². The molecule has 0 saturated carbocycles. The van der Waals surface area contributed by atoms with Crippen LogP contribution in [0.3, 0.4) is 0 Å². The lowest BCUT2D eigenvalue weighted by Crippen LogP contribution is -2.46. The molecule has 0 bridgehead atoms. The Morgan fingerprint density at radius 1 is 1.19 bits per heavy atom. The van der Waals surface area contributed by atoms with Crippen molar-refractivity contribution in [2.75, 3.05) is 26.7 Å². The second-order valence-corrected chi connectivity index (χ2v) is 8.41. The number of hydrogen-bond donors (Lipinski definition) is 0. The van der Waals surface area contributed by atoms with E-state index in [0.29, 0.717) is 16.4 Å². The fraction of sp³-hybridized carbons (Fsp3) is 0.391. The number of amides is 1. The van der Waals surface area contributed by atoms with Gasteiger partial charge >= 0.3 is 0 Å². The summed E-state index contributed by atoms with van der Waals surface area (Å²) in [5, 5.41) is 8.98. The molecule has 1 aliphatic heterocycles. The van der Waals surface area contributed by atoms with Crippen LogP contribution >= 0.6 is 11.6 Å². The molecule has 4 rings (SSSR count). The van der Waals surface area contributed by atoms with Crippen molar-refractivity contribution >= 4 is 17.5 Å². The van der Waals surface area contributed by atoms with Crippen LogP contribution in [0.2, 0.25) is 5.02 Å². The largest absolute Gasteiger partial charge is 0.337 e. The number of aromatic nitrogens is 4. The minimum absolute atomic E-state index is 0.0855. The number of likely N-dealkylation sites (tertiary alicyclic amines) is 1. The van der Waals surface area contributed by atoms with Gasteiger partial charge in [-0.15, -0.1) is 5.10 Å². The summed E-state index contributed by atoms with van der Waals surface area (Å²) in [4.78, 5) is 21.8. The van der Waals surface area contributed by atoms with Gasteiger partial charge in [0.2, 0.25) is 0 Å². The SMILES string of the molecule is Cc1c(C(=O)N(C)C2CCN(CCc3ccccn3)CC2)nnn1-c1cccc(Cl)c1. The van der Waals surface area contributed by atoms with Crippen LogP contribution in [0.15, 0.2) is 48.7 Å². The Morgan fingerprint density at radius 2 is 2.00 bits per heavy atom. The zero-order valence-electron chi connectivity index (χ0n) is 17.9. The van der Waals surface area contributed by atoms with E-state index >= 15 is 0 Å². The van der Waals surface area contributed by atoms with Crippen molar-refractivity contribution in [2.45, 2.75) is 32.2 Å². The molecule has 3 aromatic rings. The summed E-state index contributed by atoms with van der Waals surface area (Å²) in [7, 11) is 1.87. The van der Waals surface area contributed by atoms with Crippen molar-refractivity contribution in [2.24, 2.45) is 0 Å². The summed E-state index contributed by atoms with van der Waals surface area (Å²) >= 11 is 6.09. The molecule has 0 spiro atoms. The number of halogens is 1. The van der Waals surface area contributed by atoms with E-state index in [2.05, 4.69) is 26.3 Å². The van der Waals surface area contributed by atoms with Gasteiger partial charge in [0.05, 0.1) is 11.4 Å². The molecule has 0 radical (unpaired) electrons. The molecule has 1 amide bonds. The molecule has 1 fully saturated rings. The third kappa shape index (κ3) is 4.94. The van der Waals surface area contributed by atoms with E-state index in [9.17, 15) is 4.79 Å². The summed E-state index contributed by atoms with van der Waals surface area (Å²) in [5.74, 6) is -0.0855. The minimum Gasteiger partial charge on any atom is -0.337 e. The topological polar surface area (TPSA) is 67.2 Å². The van der Waals surface area contributed by atoms with Crippen LogP contribution in [0.4, 0.5) is 0 Å². The second-order valence-electron chi connectivity index (χ2n) is 7.98. The number of benzene rings is 1. The van der Waals surface area contributed by atoms with E-state index in [1.54, 1.807) is 10.7 Å². The average Bonchev–Trinajstić information content (AvgIpc) is 3.19. The molecule has 1 aliphatic rings. The lowest BCUT2D eigenvalue weighted by molar-refractivity contribution is 0.0637. The van der Waals surface area contributed by atoms with E-state index < -0.39 is 0 Å². The van der Waals surface area contributed by atoms with Gasteiger partial charge in [-0.1, -0.05) is 28.9 Å². The summed E-state index contributed by atoms with van der Waals surface area (Å²) in [6.07, 6.45) is 4.69. The average molecular weight is 439 g/mol. The number of piperidine rings is 1. The fourth-order valence-electron chi connectivity index (χ4n) is 4.06. The van der Waals surface area contributed by atoms with Gasteiger partial charge in [0, 0.05) is 56.1 Å². The molecule has 3 heterocycles. The maximum Gasteiger partial charge on any atom is 0.276 e. The van der Waals surface area contributed by atoms with Crippen molar-refractivity contribution in [1.29, 1.82) is 0 Å².